The average Bonchev–Trinajstić information content (AvgIpc) is 3.28. The molecule has 1 aliphatic carbocycles. The van der Waals surface area contributed by atoms with Crippen LogP contribution in [-0.2, 0) is 4.74 Å². The van der Waals surface area contributed by atoms with Gasteiger partial charge in [-0.05, 0) is 39.0 Å². The molecule has 0 radical (unpaired) electrons. The predicted molar refractivity (Wildman–Crippen MR) is 100 cm³/mol. The first-order chi connectivity index (χ1) is 14.3. The highest BCUT2D eigenvalue weighted by Gasteiger charge is 2.30. The molecule has 0 saturated heterocycles. The standard InChI is InChI=1S/C19H24FN5O3/c1-11-3-2-6-27-18-9-13(8-16(20)23-18)22-17-10-15(24-25-17)12-4-5-14(7-12)28-19(26)21-11/h8-12,14H,2-7H2,1H3,(H,21,26)(H2,22,24,25)/t11-,12-,14+/m0/s1/i6D2. The zero-order chi connectivity index (χ0) is 21.3. The average molecular weight is 391 g/mol. The first-order valence-corrected chi connectivity index (χ1v) is 9.42. The lowest BCUT2D eigenvalue weighted by Gasteiger charge is -2.17. The third-order valence-corrected chi connectivity index (χ3v) is 4.96. The van der Waals surface area contributed by atoms with Crippen molar-refractivity contribution in [1.29, 1.82) is 0 Å². The van der Waals surface area contributed by atoms with E-state index in [-0.39, 0.29) is 30.4 Å². The maximum Gasteiger partial charge on any atom is 0.407 e. The number of amides is 1. The van der Waals surface area contributed by atoms with Gasteiger partial charge in [-0.25, -0.2) is 4.79 Å². The molecule has 2 aliphatic rings. The second-order valence-electron chi connectivity index (χ2n) is 7.22. The van der Waals surface area contributed by atoms with E-state index in [2.05, 4.69) is 25.8 Å². The number of carbonyl (C=O) groups is 1. The van der Waals surface area contributed by atoms with Crippen LogP contribution in [-0.4, -0.2) is 40.0 Å². The number of pyridine rings is 1. The van der Waals surface area contributed by atoms with Crippen LogP contribution in [0.1, 0.15) is 53.4 Å². The first-order valence-electron chi connectivity index (χ1n) is 10.4. The number of carbonyl (C=O) groups excluding carboxylic acids is 1. The minimum atomic E-state index is -2.10. The Morgan fingerprint density at radius 2 is 2.18 bits per heavy atom. The van der Waals surface area contributed by atoms with Gasteiger partial charge in [0.2, 0.25) is 11.8 Å². The number of nitrogens with zero attached hydrogens (tertiary/aromatic N) is 2. The summed E-state index contributed by atoms with van der Waals surface area (Å²) in [7, 11) is 0. The van der Waals surface area contributed by atoms with Gasteiger partial charge in [0.1, 0.15) is 6.10 Å². The number of aromatic nitrogens is 3. The van der Waals surface area contributed by atoms with Crippen molar-refractivity contribution in [2.75, 3.05) is 11.9 Å². The molecule has 3 atom stereocenters. The van der Waals surface area contributed by atoms with E-state index in [1.165, 1.54) is 12.1 Å². The summed E-state index contributed by atoms with van der Waals surface area (Å²) in [5, 5.41) is 12.9. The van der Waals surface area contributed by atoms with Crippen molar-refractivity contribution in [3.05, 3.63) is 29.8 Å². The number of H-pyrrole nitrogens is 1. The Bertz CT molecular complexity index is 925. The van der Waals surface area contributed by atoms with Crippen LogP contribution in [0.4, 0.5) is 20.7 Å². The van der Waals surface area contributed by atoms with Gasteiger partial charge in [-0.15, -0.1) is 0 Å². The van der Waals surface area contributed by atoms with E-state index in [1.807, 2.05) is 6.07 Å². The third-order valence-electron chi connectivity index (χ3n) is 4.96. The molecule has 1 aliphatic heterocycles. The summed E-state index contributed by atoms with van der Waals surface area (Å²) >= 11 is 0. The Labute approximate surface area is 165 Å². The van der Waals surface area contributed by atoms with Gasteiger partial charge < -0.3 is 20.1 Å². The molecule has 150 valence electrons. The van der Waals surface area contributed by atoms with E-state index in [4.69, 9.17) is 12.2 Å². The summed E-state index contributed by atoms with van der Waals surface area (Å²) in [6.07, 6.45) is 1.88. The van der Waals surface area contributed by atoms with Gasteiger partial charge in [0.15, 0.2) is 5.82 Å². The molecule has 0 aromatic carbocycles. The summed E-state index contributed by atoms with van der Waals surface area (Å²) in [5.41, 5.74) is 1.25. The quantitative estimate of drug-likeness (QED) is 0.593. The summed E-state index contributed by atoms with van der Waals surface area (Å²) < 4.78 is 40.9. The van der Waals surface area contributed by atoms with Crippen molar-refractivity contribution in [1.82, 2.24) is 20.5 Å². The molecule has 3 heterocycles. The van der Waals surface area contributed by atoms with Crippen LogP contribution in [0.3, 0.4) is 0 Å². The molecule has 1 saturated carbocycles. The highest BCUT2D eigenvalue weighted by Crippen LogP contribution is 2.36. The lowest BCUT2D eigenvalue weighted by atomic mass is 10.0. The number of rotatable bonds is 0. The molecule has 1 amide bonds. The largest absolute Gasteiger partial charge is 0.478 e. The Hall–Kier alpha value is -2.84. The number of anilines is 2. The number of fused-ring (bicyclic) bond motifs is 7. The summed E-state index contributed by atoms with van der Waals surface area (Å²) in [6, 6.07) is 4.12. The van der Waals surface area contributed by atoms with Crippen LogP contribution in [0.15, 0.2) is 18.2 Å². The summed E-state index contributed by atoms with van der Waals surface area (Å²) in [4.78, 5) is 15.8. The second-order valence-corrected chi connectivity index (χ2v) is 7.22. The maximum atomic E-state index is 14.0. The smallest absolute Gasteiger partial charge is 0.407 e. The van der Waals surface area contributed by atoms with Gasteiger partial charge in [-0.3, -0.25) is 5.10 Å². The molecule has 1 fully saturated rings. The topological polar surface area (TPSA) is 101 Å². The number of ether oxygens (including phenoxy) is 2. The molecule has 8 nitrogen and oxygen atoms in total. The minimum absolute atomic E-state index is 0.0242. The molecule has 4 rings (SSSR count). The Balaban J connectivity index is 1.60. The van der Waals surface area contributed by atoms with Crippen LogP contribution >= 0.6 is 0 Å². The Morgan fingerprint density at radius 1 is 1.29 bits per heavy atom. The van der Waals surface area contributed by atoms with E-state index in [0.717, 1.165) is 18.5 Å². The number of nitrogens with one attached hydrogen (secondary N) is 3. The van der Waals surface area contributed by atoms with Gasteiger partial charge >= 0.3 is 6.09 Å². The molecule has 6 bridgehead atoms. The molecular weight excluding hydrogens is 365 g/mol. The Kier molecular flexibility index (Phi) is 4.63. The second kappa shape index (κ2) is 8.04. The van der Waals surface area contributed by atoms with Crippen molar-refractivity contribution in [3.8, 4) is 5.88 Å². The lowest BCUT2D eigenvalue weighted by Crippen LogP contribution is -2.35. The number of hydrogen-bond acceptors (Lipinski definition) is 6. The normalized spacial score (nSPS) is 28.4. The van der Waals surface area contributed by atoms with Crippen molar-refractivity contribution in [2.45, 2.75) is 57.1 Å². The summed E-state index contributed by atoms with van der Waals surface area (Å²) in [5.74, 6) is -0.311. The number of hydrogen-bond donors (Lipinski definition) is 3. The van der Waals surface area contributed by atoms with Crippen molar-refractivity contribution in [2.24, 2.45) is 0 Å². The number of halogens is 1. The highest BCUT2D eigenvalue weighted by atomic mass is 19.1. The van der Waals surface area contributed by atoms with Crippen LogP contribution in [0.2, 0.25) is 0 Å². The Morgan fingerprint density at radius 3 is 3.07 bits per heavy atom. The minimum Gasteiger partial charge on any atom is -0.478 e. The zero-order valence-corrected chi connectivity index (χ0v) is 15.5. The van der Waals surface area contributed by atoms with Crippen molar-refractivity contribution in [3.63, 3.8) is 0 Å². The fraction of sp³-hybridized carbons (Fsp3) is 0.526. The van der Waals surface area contributed by atoms with Crippen LogP contribution in [0, 0.1) is 5.95 Å². The lowest BCUT2D eigenvalue weighted by molar-refractivity contribution is 0.0969. The third kappa shape index (κ3) is 4.52. The fourth-order valence-corrected chi connectivity index (χ4v) is 3.54. The number of aromatic amines is 1. The van der Waals surface area contributed by atoms with Crippen LogP contribution < -0.4 is 15.4 Å². The van der Waals surface area contributed by atoms with Gasteiger partial charge in [-0.1, -0.05) is 0 Å². The fourth-order valence-electron chi connectivity index (χ4n) is 3.54. The molecule has 2 aromatic rings. The molecule has 9 heteroatoms. The summed E-state index contributed by atoms with van der Waals surface area (Å²) in [6.45, 7) is -0.330. The van der Waals surface area contributed by atoms with Crippen molar-refractivity contribution < 1.29 is 21.4 Å². The van der Waals surface area contributed by atoms with E-state index >= 15 is 0 Å². The molecule has 3 N–H and O–H groups in total. The SMILES string of the molecule is [2H]C1([2H])CC[C@H](C)NC(=O)O[C@@H]2CC[C@@H](C2)c2cc(n[nH]2)Nc2cc(F)nc(c2)O1. The van der Waals surface area contributed by atoms with Crippen LogP contribution in [0.5, 0.6) is 5.88 Å². The van der Waals surface area contributed by atoms with Gasteiger partial charge in [0.25, 0.3) is 0 Å². The predicted octanol–water partition coefficient (Wildman–Crippen LogP) is 3.61. The molecule has 0 spiro atoms. The van der Waals surface area contributed by atoms with Gasteiger partial charge in [0, 0.05) is 41.5 Å². The molecule has 2 aromatic heterocycles. The van der Waals surface area contributed by atoms with Gasteiger partial charge in [-0.2, -0.15) is 14.5 Å². The van der Waals surface area contributed by atoms with E-state index < -0.39 is 18.6 Å². The van der Waals surface area contributed by atoms with E-state index in [0.29, 0.717) is 24.3 Å². The highest BCUT2D eigenvalue weighted by molar-refractivity contribution is 5.67. The first kappa shape index (κ1) is 16.1. The number of alkyl carbamates (subject to hydrolysis) is 1. The van der Waals surface area contributed by atoms with E-state index in [9.17, 15) is 9.18 Å². The molecular formula is C19H24FN5O3. The maximum absolute atomic E-state index is 14.0. The van der Waals surface area contributed by atoms with E-state index in [1.54, 1.807) is 6.92 Å². The van der Waals surface area contributed by atoms with Crippen LogP contribution in [0.25, 0.3) is 0 Å². The van der Waals surface area contributed by atoms with Crippen molar-refractivity contribution >= 4 is 17.6 Å². The zero-order valence-electron chi connectivity index (χ0n) is 17.5. The van der Waals surface area contributed by atoms with Gasteiger partial charge in [0.05, 0.1) is 9.30 Å². The molecule has 0 unspecified atom stereocenters. The monoisotopic (exact) mass is 391 g/mol. The molecule has 28 heavy (non-hydrogen) atoms.